The van der Waals surface area contributed by atoms with Gasteiger partial charge in [-0.2, -0.15) is 0 Å². The second kappa shape index (κ2) is 5.84. The fourth-order valence-electron chi connectivity index (χ4n) is 1.03. The first kappa shape index (κ1) is 13.2. The van der Waals surface area contributed by atoms with Gasteiger partial charge in [0, 0.05) is 5.57 Å². The lowest BCUT2D eigenvalue weighted by Crippen LogP contribution is -2.24. The number of allylic oxidation sites excluding steroid dienone is 1. The van der Waals surface area contributed by atoms with Crippen molar-refractivity contribution in [3.05, 3.63) is 11.6 Å². The zero-order valence-electron chi connectivity index (χ0n) is 10.0. The topological polar surface area (TPSA) is 26.3 Å². The summed E-state index contributed by atoms with van der Waals surface area (Å²) in [7, 11) is 0. The van der Waals surface area contributed by atoms with Gasteiger partial charge in [0.2, 0.25) is 0 Å². The van der Waals surface area contributed by atoms with E-state index in [4.69, 9.17) is 4.74 Å². The summed E-state index contributed by atoms with van der Waals surface area (Å²) in [5, 5.41) is 0. The van der Waals surface area contributed by atoms with Crippen molar-refractivity contribution in [3.8, 4) is 0 Å². The van der Waals surface area contributed by atoms with E-state index in [2.05, 4.69) is 6.92 Å². The van der Waals surface area contributed by atoms with Crippen LogP contribution in [0.3, 0.4) is 0 Å². The van der Waals surface area contributed by atoms with Gasteiger partial charge in [0.05, 0.1) is 0 Å². The van der Waals surface area contributed by atoms with Gasteiger partial charge in [-0.1, -0.05) is 26.3 Å². The summed E-state index contributed by atoms with van der Waals surface area (Å²) >= 11 is 0. The smallest absolute Gasteiger partial charge is 0.334 e. The molecular formula is C12H22O2. The molecule has 0 spiro atoms. The molecular weight excluding hydrogens is 176 g/mol. The van der Waals surface area contributed by atoms with E-state index in [9.17, 15) is 4.79 Å². The fourth-order valence-corrected chi connectivity index (χ4v) is 1.03. The highest BCUT2D eigenvalue weighted by atomic mass is 16.6. The highest BCUT2D eigenvalue weighted by Gasteiger charge is 2.18. The number of esters is 1. The van der Waals surface area contributed by atoms with Crippen LogP contribution in [0.25, 0.3) is 0 Å². The van der Waals surface area contributed by atoms with Gasteiger partial charge >= 0.3 is 5.97 Å². The molecule has 0 radical (unpaired) electrons. The second-order valence-corrected chi connectivity index (χ2v) is 4.37. The average Bonchev–Trinajstić information content (AvgIpc) is 2.02. The third-order valence-electron chi connectivity index (χ3n) is 1.72. The highest BCUT2D eigenvalue weighted by molar-refractivity contribution is 5.88. The molecule has 0 N–H and O–H groups in total. The van der Waals surface area contributed by atoms with E-state index in [1.54, 1.807) is 0 Å². The Bertz CT molecular complexity index is 209. The molecule has 0 aliphatic rings. The Morgan fingerprint density at radius 1 is 1.29 bits per heavy atom. The Morgan fingerprint density at radius 2 is 1.86 bits per heavy atom. The molecule has 0 fully saturated rings. The van der Waals surface area contributed by atoms with Crippen molar-refractivity contribution in [2.75, 3.05) is 0 Å². The predicted molar refractivity (Wildman–Crippen MR) is 59.1 cm³/mol. The van der Waals surface area contributed by atoms with Crippen LogP contribution in [0.2, 0.25) is 0 Å². The number of hydrogen-bond donors (Lipinski definition) is 0. The lowest BCUT2D eigenvalue weighted by Gasteiger charge is -2.20. The molecule has 0 unspecified atom stereocenters. The van der Waals surface area contributed by atoms with Gasteiger partial charge in [0.25, 0.3) is 0 Å². The molecule has 0 saturated heterocycles. The predicted octanol–water partition coefficient (Wildman–Crippen LogP) is 3.46. The molecule has 2 nitrogen and oxygen atoms in total. The van der Waals surface area contributed by atoms with E-state index in [0.29, 0.717) is 0 Å². The highest BCUT2D eigenvalue weighted by Crippen LogP contribution is 2.13. The second-order valence-electron chi connectivity index (χ2n) is 4.37. The average molecular weight is 198 g/mol. The first-order chi connectivity index (χ1) is 6.40. The van der Waals surface area contributed by atoms with Crippen LogP contribution in [0.1, 0.15) is 53.9 Å². The van der Waals surface area contributed by atoms with Gasteiger partial charge < -0.3 is 4.74 Å². The molecule has 0 atom stereocenters. The standard InChI is InChI=1S/C12H22O2/c1-6-8-9-10(7-2)11(13)14-12(3,4)5/h9H,6-8H2,1-5H3/b10-9+. The van der Waals surface area contributed by atoms with Crippen molar-refractivity contribution < 1.29 is 9.53 Å². The first-order valence-electron chi connectivity index (χ1n) is 5.33. The number of unbranched alkanes of at least 4 members (excludes halogenated alkanes) is 1. The van der Waals surface area contributed by atoms with Crippen LogP contribution in [-0.4, -0.2) is 11.6 Å². The van der Waals surface area contributed by atoms with Gasteiger partial charge in [-0.25, -0.2) is 4.79 Å². The largest absolute Gasteiger partial charge is 0.457 e. The SMILES string of the molecule is CCC/C=C(\CC)C(=O)OC(C)(C)C. The number of rotatable bonds is 4. The van der Waals surface area contributed by atoms with E-state index in [1.165, 1.54) is 0 Å². The van der Waals surface area contributed by atoms with Crippen LogP contribution in [0, 0.1) is 0 Å². The van der Waals surface area contributed by atoms with Gasteiger partial charge in [-0.05, 0) is 33.6 Å². The van der Waals surface area contributed by atoms with E-state index < -0.39 is 5.60 Å². The number of hydrogen-bond acceptors (Lipinski definition) is 2. The van der Waals surface area contributed by atoms with Crippen LogP contribution < -0.4 is 0 Å². The summed E-state index contributed by atoms with van der Waals surface area (Å²) in [5.41, 5.74) is 0.402. The molecule has 0 aromatic rings. The van der Waals surface area contributed by atoms with E-state index in [0.717, 1.165) is 24.8 Å². The Kier molecular flexibility index (Phi) is 5.51. The maximum absolute atomic E-state index is 11.6. The molecule has 14 heavy (non-hydrogen) atoms. The van der Waals surface area contributed by atoms with Crippen molar-refractivity contribution in [2.24, 2.45) is 0 Å². The van der Waals surface area contributed by atoms with Crippen molar-refractivity contribution in [2.45, 2.75) is 59.5 Å². The lowest BCUT2D eigenvalue weighted by molar-refractivity contribution is -0.150. The molecule has 0 amide bonds. The zero-order chi connectivity index (χ0) is 11.2. The summed E-state index contributed by atoms with van der Waals surface area (Å²) in [6, 6.07) is 0. The molecule has 0 bridgehead atoms. The van der Waals surface area contributed by atoms with Crippen LogP contribution >= 0.6 is 0 Å². The number of carbonyl (C=O) groups is 1. The summed E-state index contributed by atoms with van der Waals surface area (Å²) in [6.45, 7) is 9.73. The van der Waals surface area contributed by atoms with Gasteiger partial charge in [0.15, 0.2) is 0 Å². The third-order valence-corrected chi connectivity index (χ3v) is 1.72. The van der Waals surface area contributed by atoms with Gasteiger partial charge in [-0.15, -0.1) is 0 Å². The van der Waals surface area contributed by atoms with Crippen molar-refractivity contribution >= 4 is 5.97 Å². The molecule has 82 valence electrons. The molecule has 0 aliphatic heterocycles. The quantitative estimate of drug-likeness (QED) is 0.510. The third kappa shape index (κ3) is 5.79. The first-order valence-corrected chi connectivity index (χ1v) is 5.33. The molecule has 0 aromatic heterocycles. The summed E-state index contributed by atoms with van der Waals surface area (Å²) in [5.74, 6) is -0.173. The van der Waals surface area contributed by atoms with E-state index in [-0.39, 0.29) is 5.97 Å². The lowest BCUT2D eigenvalue weighted by atomic mass is 10.1. The summed E-state index contributed by atoms with van der Waals surface area (Å²) < 4.78 is 5.28. The van der Waals surface area contributed by atoms with E-state index in [1.807, 2.05) is 33.8 Å². The normalized spacial score (nSPS) is 12.8. The molecule has 0 aromatic carbocycles. The Labute approximate surface area is 87.3 Å². The molecule has 0 rings (SSSR count). The van der Waals surface area contributed by atoms with Crippen LogP contribution in [-0.2, 0) is 9.53 Å². The van der Waals surface area contributed by atoms with Crippen LogP contribution in [0.5, 0.6) is 0 Å². The van der Waals surface area contributed by atoms with Crippen molar-refractivity contribution in [3.63, 3.8) is 0 Å². The fraction of sp³-hybridized carbons (Fsp3) is 0.750. The molecule has 0 heterocycles. The maximum Gasteiger partial charge on any atom is 0.334 e. The van der Waals surface area contributed by atoms with Crippen molar-refractivity contribution in [1.29, 1.82) is 0 Å². The van der Waals surface area contributed by atoms with Gasteiger partial charge in [0.1, 0.15) is 5.60 Å². The Balaban J connectivity index is 4.33. The number of ether oxygens (including phenoxy) is 1. The molecule has 0 saturated carbocycles. The van der Waals surface area contributed by atoms with E-state index >= 15 is 0 Å². The monoisotopic (exact) mass is 198 g/mol. The minimum atomic E-state index is -0.391. The number of carbonyl (C=O) groups excluding carboxylic acids is 1. The minimum absolute atomic E-state index is 0.173. The Morgan fingerprint density at radius 3 is 2.21 bits per heavy atom. The zero-order valence-corrected chi connectivity index (χ0v) is 10.0. The summed E-state index contributed by atoms with van der Waals surface area (Å²) in [4.78, 5) is 11.6. The molecule has 0 aliphatic carbocycles. The molecule has 2 heteroatoms. The van der Waals surface area contributed by atoms with Gasteiger partial charge in [-0.3, -0.25) is 0 Å². The van der Waals surface area contributed by atoms with Crippen molar-refractivity contribution in [1.82, 2.24) is 0 Å². The van der Waals surface area contributed by atoms with Crippen LogP contribution in [0.4, 0.5) is 0 Å². The minimum Gasteiger partial charge on any atom is -0.457 e. The van der Waals surface area contributed by atoms with Crippen LogP contribution in [0.15, 0.2) is 11.6 Å². The summed E-state index contributed by atoms with van der Waals surface area (Å²) in [6.07, 6.45) is 4.73. The Hall–Kier alpha value is -0.790. The maximum atomic E-state index is 11.6.